The summed E-state index contributed by atoms with van der Waals surface area (Å²) in [6, 6.07) is 3.35. The van der Waals surface area contributed by atoms with E-state index in [0.29, 0.717) is 17.5 Å². The van der Waals surface area contributed by atoms with Gasteiger partial charge in [-0.15, -0.1) is 0 Å². The highest BCUT2D eigenvalue weighted by Crippen LogP contribution is 2.41. The summed E-state index contributed by atoms with van der Waals surface area (Å²) >= 11 is 5.65. The van der Waals surface area contributed by atoms with Gasteiger partial charge in [-0.3, -0.25) is 0 Å². The number of hydrogen-bond donors (Lipinski definition) is 1. The number of hydrogen-bond acceptors (Lipinski definition) is 3. The van der Waals surface area contributed by atoms with Gasteiger partial charge in [-0.1, -0.05) is 11.6 Å². The zero-order valence-corrected chi connectivity index (χ0v) is 10.1. The fourth-order valence-corrected chi connectivity index (χ4v) is 1.70. The van der Waals surface area contributed by atoms with Crippen molar-refractivity contribution in [2.75, 3.05) is 13.7 Å². The van der Waals surface area contributed by atoms with Crippen molar-refractivity contribution in [1.29, 1.82) is 0 Å². The van der Waals surface area contributed by atoms with Gasteiger partial charge in [0.25, 0.3) is 0 Å². The van der Waals surface area contributed by atoms with E-state index in [1.54, 1.807) is 19.2 Å². The molecule has 1 saturated carbocycles. The normalized spacial score (nSPS) is 16.4. The van der Waals surface area contributed by atoms with E-state index < -0.39 is 6.09 Å². The Kier molecular flexibility index (Phi) is 3.11. The number of aromatic nitrogens is 1. The van der Waals surface area contributed by atoms with Crippen LogP contribution in [0.3, 0.4) is 0 Å². The molecule has 6 heteroatoms. The van der Waals surface area contributed by atoms with Gasteiger partial charge in [0.1, 0.15) is 17.5 Å². The number of likely N-dealkylation sites (N-methyl/N-ethyl adjacent to an activating group) is 1. The van der Waals surface area contributed by atoms with E-state index in [1.165, 1.54) is 11.1 Å². The van der Waals surface area contributed by atoms with Gasteiger partial charge in [0, 0.05) is 7.05 Å². The van der Waals surface area contributed by atoms with Crippen molar-refractivity contribution in [2.45, 2.75) is 18.4 Å². The van der Waals surface area contributed by atoms with Gasteiger partial charge in [-0.25, -0.2) is 9.78 Å². The minimum absolute atomic E-state index is 0.346. The molecule has 1 aromatic rings. The molecule has 0 saturated heterocycles. The van der Waals surface area contributed by atoms with Crippen LogP contribution in [0.4, 0.5) is 4.79 Å². The van der Waals surface area contributed by atoms with Crippen LogP contribution in [0.2, 0.25) is 5.15 Å². The van der Waals surface area contributed by atoms with Crippen LogP contribution in [0.15, 0.2) is 18.3 Å². The van der Waals surface area contributed by atoms with Crippen LogP contribution >= 0.6 is 11.6 Å². The van der Waals surface area contributed by atoms with E-state index in [-0.39, 0.29) is 5.54 Å². The Balaban J connectivity index is 1.94. The van der Waals surface area contributed by atoms with E-state index in [2.05, 4.69) is 4.98 Å². The first-order chi connectivity index (χ1) is 8.03. The van der Waals surface area contributed by atoms with Gasteiger partial charge >= 0.3 is 6.09 Å². The molecule has 5 nitrogen and oxygen atoms in total. The van der Waals surface area contributed by atoms with Crippen LogP contribution in [0.5, 0.6) is 5.75 Å². The molecule has 1 aromatic heterocycles. The third-order valence-corrected chi connectivity index (χ3v) is 3.26. The number of pyridine rings is 1. The lowest BCUT2D eigenvalue weighted by Crippen LogP contribution is -2.42. The first-order valence-corrected chi connectivity index (χ1v) is 5.62. The van der Waals surface area contributed by atoms with Crippen molar-refractivity contribution in [1.82, 2.24) is 9.88 Å². The molecule has 0 aliphatic heterocycles. The highest BCUT2D eigenvalue weighted by Gasteiger charge is 2.49. The standard InChI is InChI=1S/C11H13ClN2O3/c1-14(10(15)16)11(4-5-11)7-17-8-2-3-9(12)13-6-8/h2-3,6H,4-5,7H2,1H3,(H,15,16). The highest BCUT2D eigenvalue weighted by atomic mass is 35.5. The summed E-state index contributed by atoms with van der Waals surface area (Å²) in [5.41, 5.74) is -0.370. The van der Waals surface area contributed by atoms with Crippen molar-refractivity contribution in [3.63, 3.8) is 0 Å². The average molecular weight is 257 g/mol. The Labute approximate surface area is 104 Å². The van der Waals surface area contributed by atoms with E-state index in [1.807, 2.05) is 0 Å². The van der Waals surface area contributed by atoms with Crippen LogP contribution in [0, 0.1) is 0 Å². The number of carboxylic acid groups (broad SMARTS) is 1. The molecule has 0 spiro atoms. The molecule has 0 atom stereocenters. The first kappa shape index (κ1) is 12.0. The molecule has 0 aromatic carbocycles. The molecule has 0 radical (unpaired) electrons. The van der Waals surface area contributed by atoms with Gasteiger partial charge in [0.05, 0.1) is 11.7 Å². The van der Waals surface area contributed by atoms with E-state index in [0.717, 1.165) is 12.8 Å². The van der Waals surface area contributed by atoms with E-state index >= 15 is 0 Å². The Hall–Kier alpha value is -1.49. The monoisotopic (exact) mass is 256 g/mol. The number of carbonyl (C=O) groups is 1. The molecule has 1 aliphatic carbocycles. The van der Waals surface area contributed by atoms with Crippen molar-refractivity contribution in [3.8, 4) is 5.75 Å². The van der Waals surface area contributed by atoms with Gasteiger partial charge in [-0.05, 0) is 25.0 Å². The summed E-state index contributed by atoms with van der Waals surface area (Å²) in [4.78, 5) is 16.1. The maximum Gasteiger partial charge on any atom is 0.407 e. The molecular formula is C11H13ClN2O3. The topological polar surface area (TPSA) is 62.7 Å². The average Bonchev–Trinajstić information content (AvgIpc) is 3.08. The van der Waals surface area contributed by atoms with Gasteiger partial charge in [-0.2, -0.15) is 0 Å². The van der Waals surface area contributed by atoms with Crippen molar-refractivity contribution in [2.24, 2.45) is 0 Å². The maximum absolute atomic E-state index is 10.9. The summed E-state index contributed by atoms with van der Waals surface area (Å²) < 4.78 is 5.53. The Bertz CT molecular complexity index is 417. The van der Waals surface area contributed by atoms with Crippen LogP contribution < -0.4 is 4.74 Å². The molecule has 92 valence electrons. The molecule has 1 amide bonds. The lowest BCUT2D eigenvalue weighted by atomic mass is 10.2. The second-order valence-corrected chi connectivity index (χ2v) is 4.56. The molecular weight excluding hydrogens is 244 g/mol. The minimum Gasteiger partial charge on any atom is -0.490 e. The molecule has 1 heterocycles. The second kappa shape index (κ2) is 4.41. The predicted octanol–water partition coefficient (Wildman–Crippen LogP) is 2.26. The van der Waals surface area contributed by atoms with Gasteiger partial charge in [0.15, 0.2) is 0 Å². The van der Waals surface area contributed by atoms with Crippen molar-refractivity contribution < 1.29 is 14.6 Å². The highest BCUT2D eigenvalue weighted by molar-refractivity contribution is 6.29. The maximum atomic E-state index is 10.9. The van der Waals surface area contributed by atoms with Gasteiger partial charge < -0.3 is 14.7 Å². The lowest BCUT2D eigenvalue weighted by Gasteiger charge is -2.25. The molecule has 1 fully saturated rings. The lowest BCUT2D eigenvalue weighted by molar-refractivity contribution is 0.109. The van der Waals surface area contributed by atoms with Crippen LogP contribution in [-0.2, 0) is 0 Å². The fraction of sp³-hybridized carbons (Fsp3) is 0.455. The smallest absolute Gasteiger partial charge is 0.407 e. The quantitative estimate of drug-likeness (QED) is 0.840. The summed E-state index contributed by atoms with van der Waals surface area (Å²) in [5.74, 6) is 0.597. The zero-order valence-electron chi connectivity index (χ0n) is 9.39. The van der Waals surface area contributed by atoms with Crippen LogP contribution in [0.1, 0.15) is 12.8 Å². The Morgan fingerprint density at radius 1 is 1.65 bits per heavy atom. The molecule has 0 bridgehead atoms. The number of rotatable bonds is 4. The summed E-state index contributed by atoms with van der Waals surface area (Å²) in [6.07, 6.45) is 2.26. The summed E-state index contributed by atoms with van der Waals surface area (Å²) in [7, 11) is 1.57. The summed E-state index contributed by atoms with van der Waals surface area (Å²) in [6.45, 7) is 0.346. The molecule has 2 rings (SSSR count). The molecule has 17 heavy (non-hydrogen) atoms. The molecule has 0 unspecified atom stereocenters. The molecule has 1 aliphatic rings. The van der Waals surface area contributed by atoms with Gasteiger partial charge in [0.2, 0.25) is 0 Å². The summed E-state index contributed by atoms with van der Waals surface area (Å²) in [5, 5.41) is 9.34. The van der Waals surface area contributed by atoms with Crippen LogP contribution in [-0.4, -0.2) is 40.3 Å². The number of nitrogens with zero attached hydrogens (tertiary/aromatic N) is 2. The van der Waals surface area contributed by atoms with Crippen molar-refractivity contribution >= 4 is 17.7 Å². The zero-order chi connectivity index (χ0) is 12.5. The van der Waals surface area contributed by atoms with Crippen molar-refractivity contribution in [3.05, 3.63) is 23.5 Å². The molecule has 1 N–H and O–H groups in total. The van der Waals surface area contributed by atoms with Crippen LogP contribution in [0.25, 0.3) is 0 Å². The Morgan fingerprint density at radius 3 is 2.82 bits per heavy atom. The fourth-order valence-electron chi connectivity index (χ4n) is 1.59. The minimum atomic E-state index is -0.930. The first-order valence-electron chi connectivity index (χ1n) is 5.25. The van der Waals surface area contributed by atoms with E-state index in [4.69, 9.17) is 21.4 Å². The van der Waals surface area contributed by atoms with E-state index in [9.17, 15) is 4.79 Å². The number of amides is 1. The largest absolute Gasteiger partial charge is 0.490 e. The Morgan fingerprint density at radius 2 is 2.35 bits per heavy atom. The third-order valence-electron chi connectivity index (χ3n) is 3.03. The number of ether oxygens (including phenoxy) is 1. The SMILES string of the molecule is CN(C(=O)O)C1(COc2ccc(Cl)nc2)CC1. The number of halogens is 1. The second-order valence-electron chi connectivity index (χ2n) is 4.17. The predicted molar refractivity (Wildman–Crippen MR) is 62.5 cm³/mol. The third kappa shape index (κ3) is 2.61.